The summed E-state index contributed by atoms with van der Waals surface area (Å²) in [6.07, 6.45) is 2.38. The lowest BCUT2D eigenvalue weighted by Gasteiger charge is -2.06. The second-order valence-corrected chi connectivity index (χ2v) is 4.27. The van der Waals surface area contributed by atoms with Crippen LogP contribution in [0.2, 0.25) is 0 Å². The van der Waals surface area contributed by atoms with Gasteiger partial charge in [0.25, 0.3) is 0 Å². The smallest absolute Gasteiger partial charge is 0.150 e. The van der Waals surface area contributed by atoms with Crippen LogP contribution in [0.5, 0.6) is 0 Å². The maximum atomic E-state index is 13.3. The van der Waals surface area contributed by atoms with Crippen molar-refractivity contribution in [3.63, 3.8) is 0 Å². The molecule has 3 rings (SSSR count). The highest BCUT2D eigenvalue weighted by Crippen LogP contribution is 2.26. The number of pyridine rings is 1. The van der Waals surface area contributed by atoms with Gasteiger partial charge in [0, 0.05) is 22.7 Å². The first-order valence-corrected chi connectivity index (χ1v) is 5.88. The number of halogens is 1. The number of carbonyl (C=O) groups is 1. The number of benzene rings is 2. The lowest BCUT2D eigenvalue weighted by Crippen LogP contribution is -1.90. The highest BCUT2D eigenvalue weighted by atomic mass is 19.1. The maximum Gasteiger partial charge on any atom is 0.150 e. The average molecular weight is 251 g/mol. The number of para-hydroxylation sites is 1. The molecule has 2 nitrogen and oxygen atoms in total. The molecule has 0 aliphatic carbocycles. The molecule has 0 aliphatic heterocycles. The molecule has 2 aromatic carbocycles. The molecular weight excluding hydrogens is 241 g/mol. The third-order valence-electron chi connectivity index (χ3n) is 3.04. The van der Waals surface area contributed by atoms with Crippen LogP contribution >= 0.6 is 0 Å². The molecule has 0 spiro atoms. The molecular formula is C16H10FNO. The van der Waals surface area contributed by atoms with E-state index in [2.05, 4.69) is 4.98 Å². The molecule has 0 saturated heterocycles. The highest BCUT2D eigenvalue weighted by Gasteiger charge is 2.07. The van der Waals surface area contributed by atoms with E-state index in [9.17, 15) is 9.18 Å². The number of nitrogens with zero attached hydrogens (tertiary/aromatic N) is 1. The Morgan fingerprint density at radius 3 is 2.74 bits per heavy atom. The van der Waals surface area contributed by atoms with Crippen molar-refractivity contribution in [1.29, 1.82) is 0 Å². The van der Waals surface area contributed by atoms with Crippen LogP contribution in [0.1, 0.15) is 10.4 Å². The fourth-order valence-corrected chi connectivity index (χ4v) is 2.10. The molecule has 0 aliphatic rings. The van der Waals surface area contributed by atoms with Crippen LogP contribution in [-0.2, 0) is 0 Å². The lowest BCUT2D eigenvalue weighted by molar-refractivity contribution is 0.112. The Hall–Kier alpha value is -2.55. The first kappa shape index (κ1) is 11.5. The standard InChI is InChI=1S/C16H10FNO/c17-14-6-5-12(10-19)15(8-14)13-7-11-3-1-2-4-16(11)18-9-13/h1-10H. The van der Waals surface area contributed by atoms with E-state index in [1.165, 1.54) is 18.2 Å². The number of aldehydes is 1. The van der Waals surface area contributed by atoms with Gasteiger partial charge in [-0.25, -0.2) is 4.39 Å². The summed E-state index contributed by atoms with van der Waals surface area (Å²) in [4.78, 5) is 15.4. The van der Waals surface area contributed by atoms with Crippen molar-refractivity contribution in [3.8, 4) is 11.1 Å². The van der Waals surface area contributed by atoms with E-state index < -0.39 is 0 Å². The minimum absolute atomic E-state index is 0.367. The van der Waals surface area contributed by atoms with E-state index in [0.29, 0.717) is 11.1 Å². The fourth-order valence-electron chi connectivity index (χ4n) is 2.10. The van der Waals surface area contributed by atoms with Crippen LogP contribution in [-0.4, -0.2) is 11.3 Å². The maximum absolute atomic E-state index is 13.3. The largest absolute Gasteiger partial charge is 0.298 e. The predicted octanol–water partition coefficient (Wildman–Crippen LogP) is 3.85. The van der Waals surface area contributed by atoms with Gasteiger partial charge in [-0.3, -0.25) is 9.78 Å². The molecule has 1 heterocycles. The minimum atomic E-state index is -0.367. The number of hydrogen-bond donors (Lipinski definition) is 0. The van der Waals surface area contributed by atoms with Gasteiger partial charge in [0.05, 0.1) is 5.52 Å². The molecule has 0 unspecified atom stereocenters. The van der Waals surface area contributed by atoms with Gasteiger partial charge in [0.1, 0.15) is 5.82 Å². The summed E-state index contributed by atoms with van der Waals surface area (Å²) in [6.45, 7) is 0. The molecule has 0 bridgehead atoms. The number of carbonyl (C=O) groups excluding carboxylic acids is 1. The Morgan fingerprint density at radius 2 is 1.89 bits per heavy atom. The number of rotatable bonds is 2. The zero-order valence-corrected chi connectivity index (χ0v) is 10.0. The monoisotopic (exact) mass is 251 g/mol. The topological polar surface area (TPSA) is 30.0 Å². The van der Waals surface area contributed by atoms with Gasteiger partial charge < -0.3 is 0 Å². The van der Waals surface area contributed by atoms with Gasteiger partial charge in [-0.1, -0.05) is 18.2 Å². The minimum Gasteiger partial charge on any atom is -0.298 e. The van der Waals surface area contributed by atoms with Crippen molar-refractivity contribution in [2.24, 2.45) is 0 Å². The molecule has 0 radical (unpaired) electrons. The number of hydrogen-bond acceptors (Lipinski definition) is 2. The van der Waals surface area contributed by atoms with Gasteiger partial charge in [0.15, 0.2) is 6.29 Å². The average Bonchev–Trinajstić information content (AvgIpc) is 2.46. The third kappa shape index (κ3) is 2.10. The van der Waals surface area contributed by atoms with Crippen LogP contribution in [0.25, 0.3) is 22.0 Å². The molecule has 3 heteroatoms. The van der Waals surface area contributed by atoms with Gasteiger partial charge >= 0.3 is 0 Å². The first-order chi connectivity index (χ1) is 9.28. The molecule has 0 saturated carbocycles. The molecule has 3 aromatic rings. The Kier molecular flexibility index (Phi) is 2.80. The van der Waals surface area contributed by atoms with Gasteiger partial charge in [-0.15, -0.1) is 0 Å². The van der Waals surface area contributed by atoms with E-state index in [4.69, 9.17) is 0 Å². The zero-order valence-electron chi connectivity index (χ0n) is 10.0. The molecule has 0 N–H and O–H groups in total. The quantitative estimate of drug-likeness (QED) is 0.647. The van der Waals surface area contributed by atoms with E-state index in [1.54, 1.807) is 6.20 Å². The van der Waals surface area contributed by atoms with E-state index in [0.717, 1.165) is 22.8 Å². The van der Waals surface area contributed by atoms with Crippen molar-refractivity contribution >= 4 is 17.2 Å². The fraction of sp³-hybridized carbons (Fsp3) is 0. The van der Waals surface area contributed by atoms with Crippen LogP contribution in [0.15, 0.2) is 54.7 Å². The van der Waals surface area contributed by atoms with Crippen LogP contribution in [0.3, 0.4) is 0 Å². The van der Waals surface area contributed by atoms with Crippen LogP contribution in [0.4, 0.5) is 4.39 Å². The van der Waals surface area contributed by atoms with Crippen LogP contribution < -0.4 is 0 Å². The van der Waals surface area contributed by atoms with E-state index >= 15 is 0 Å². The number of fused-ring (bicyclic) bond motifs is 1. The predicted molar refractivity (Wildman–Crippen MR) is 72.5 cm³/mol. The SMILES string of the molecule is O=Cc1ccc(F)cc1-c1cnc2ccccc2c1. The van der Waals surface area contributed by atoms with Gasteiger partial charge in [-0.05, 0) is 35.9 Å². The molecule has 1 aromatic heterocycles. The van der Waals surface area contributed by atoms with Crippen molar-refractivity contribution in [2.45, 2.75) is 0 Å². The molecule has 0 amide bonds. The Morgan fingerprint density at radius 1 is 1.05 bits per heavy atom. The summed E-state index contributed by atoms with van der Waals surface area (Å²) in [5.41, 5.74) is 2.63. The first-order valence-electron chi connectivity index (χ1n) is 5.88. The van der Waals surface area contributed by atoms with Crippen molar-refractivity contribution in [1.82, 2.24) is 4.98 Å². The van der Waals surface area contributed by atoms with E-state index in [-0.39, 0.29) is 5.82 Å². The lowest BCUT2D eigenvalue weighted by atomic mass is 10.0. The normalized spacial score (nSPS) is 10.6. The van der Waals surface area contributed by atoms with Crippen molar-refractivity contribution in [2.75, 3.05) is 0 Å². The van der Waals surface area contributed by atoms with E-state index in [1.807, 2.05) is 30.3 Å². The Labute approximate surface area is 109 Å². The second-order valence-electron chi connectivity index (χ2n) is 4.27. The summed E-state index contributed by atoms with van der Waals surface area (Å²) in [5, 5.41) is 0.959. The van der Waals surface area contributed by atoms with Gasteiger partial charge in [-0.2, -0.15) is 0 Å². The summed E-state index contributed by atoms with van der Waals surface area (Å²) in [7, 11) is 0. The summed E-state index contributed by atoms with van der Waals surface area (Å²) in [5.74, 6) is -0.367. The highest BCUT2D eigenvalue weighted by molar-refractivity contribution is 5.90. The Bertz CT molecular complexity index is 768. The molecule has 0 atom stereocenters. The third-order valence-corrected chi connectivity index (χ3v) is 3.04. The molecule has 92 valence electrons. The second kappa shape index (κ2) is 4.61. The summed E-state index contributed by atoms with van der Waals surface area (Å²) < 4.78 is 13.3. The summed E-state index contributed by atoms with van der Waals surface area (Å²) >= 11 is 0. The van der Waals surface area contributed by atoms with Crippen LogP contribution in [0, 0.1) is 5.82 Å². The summed E-state index contributed by atoms with van der Waals surface area (Å²) in [6, 6.07) is 13.7. The molecule has 0 fully saturated rings. The van der Waals surface area contributed by atoms with Gasteiger partial charge in [0.2, 0.25) is 0 Å². The number of aromatic nitrogens is 1. The Balaban J connectivity index is 2.24. The zero-order chi connectivity index (χ0) is 13.2. The van der Waals surface area contributed by atoms with Crippen molar-refractivity contribution in [3.05, 3.63) is 66.1 Å². The molecule has 19 heavy (non-hydrogen) atoms. The van der Waals surface area contributed by atoms with Crippen molar-refractivity contribution < 1.29 is 9.18 Å².